The van der Waals surface area contributed by atoms with E-state index in [0.29, 0.717) is 18.2 Å². The third kappa shape index (κ3) is 3.48. The summed E-state index contributed by atoms with van der Waals surface area (Å²) in [7, 11) is 0. The maximum Gasteiger partial charge on any atom is 0.126 e. The van der Waals surface area contributed by atoms with Gasteiger partial charge in [-0.3, -0.25) is 4.90 Å². The predicted molar refractivity (Wildman–Crippen MR) is 81.0 cm³/mol. The van der Waals surface area contributed by atoms with Crippen molar-refractivity contribution < 1.29 is 8.78 Å². The van der Waals surface area contributed by atoms with E-state index in [9.17, 15) is 8.78 Å². The minimum Gasteiger partial charge on any atom is -0.329 e. The Morgan fingerprint density at radius 3 is 2.48 bits per heavy atom. The normalized spacial score (nSPS) is 16.4. The summed E-state index contributed by atoms with van der Waals surface area (Å²) in [5, 5.41) is 4.15. The van der Waals surface area contributed by atoms with E-state index in [0.717, 1.165) is 25.5 Å². The fourth-order valence-electron chi connectivity index (χ4n) is 2.72. The third-order valence-corrected chi connectivity index (χ3v) is 4.59. The van der Waals surface area contributed by atoms with E-state index in [4.69, 9.17) is 5.73 Å². The first kappa shape index (κ1) is 14.6. The minimum absolute atomic E-state index is 0.150. The number of nitrogens with two attached hydrogens (primary N) is 1. The van der Waals surface area contributed by atoms with E-state index in [-0.39, 0.29) is 6.04 Å². The van der Waals surface area contributed by atoms with Crippen molar-refractivity contribution in [2.45, 2.75) is 31.5 Å². The third-order valence-electron chi connectivity index (χ3n) is 3.85. The zero-order chi connectivity index (χ0) is 14.8. The highest BCUT2D eigenvalue weighted by Gasteiger charge is 2.34. The predicted octanol–water partition coefficient (Wildman–Crippen LogP) is 3.69. The van der Waals surface area contributed by atoms with E-state index >= 15 is 0 Å². The van der Waals surface area contributed by atoms with Crippen molar-refractivity contribution in [3.8, 4) is 0 Å². The molecule has 1 aliphatic carbocycles. The van der Waals surface area contributed by atoms with Crippen LogP contribution in [0.3, 0.4) is 0 Å². The molecular weight excluding hydrogens is 290 g/mol. The highest BCUT2D eigenvalue weighted by Crippen LogP contribution is 2.36. The number of benzene rings is 1. The van der Waals surface area contributed by atoms with Gasteiger partial charge in [0, 0.05) is 31.2 Å². The molecular formula is C16H18F2N2S. The van der Waals surface area contributed by atoms with E-state index in [1.165, 1.54) is 17.7 Å². The topological polar surface area (TPSA) is 29.3 Å². The Morgan fingerprint density at radius 2 is 1.95 bits per heavy atom. The summed E-state index contributed by atoms with van der Waals surface area (Å²) in [6, 6.07) is 6.08. The van der Waals surface area contributed by atoms with E-state index in [2.05, 4.69) is 16.3 Å². The molecule has 2 nitrogen and oxygen atoms in total. The second-order valence-electron chi connectivity index (χ2n) is 5.49. The summed E-state index contributed by atoms with van der Waals surface area (Å²) in [5.41, 5.74) is 7.76. The second kappa shape index (κ2) is 6.22. The van der Waals surface area contributed by atoms with Gasteiger partial charge in [0.25, 0.3) is 0 Å². The lowest BCUT2D eigenvalue weighted by Crippen LogP contribution is -2.35. The first-order valence-corrected chi connectivity index (χ1v) is 8.04. The van der Waals surface area contributed by atoms with Crippen LogP contribution in [-0.4, -0.2) is 17.5 Å². The first-order valence-electron chi connectivity index (χ1n) is 7.10. The number of hydrogen-bond acceptors (Lipinski definition) is 3. The number of rotatable bonds is 6. The lowest BCUT2D eigenvalue weighted by Gasteiger charge is -2.31. The molecule has 2 N–H and O–H groups in total. The van der Waals surface area contributed by atoms with E-state index in [1.807, 2.05) is 5.38 Å². The van der Waals surface area contributed by atoms with Crippen LogP contribution in [0.2, 0.25) is 0 Å². The molecule has 112 valence electrons. The standard InChI is InChI=1S/C16H18F2N2S/c17-13-5-12(6-14(18)7-13)16(8-19)20(15-1-2-15)9-11-3-4-21-10-11/h3-7,10,15-16H,1-2,8-9,19H2. The quantitative estimate of drug-likeness (QED) is 0.882. The summed E-state index contributed by atoms with van der Waals surface area (Å²) in [6.07, 6.45) is 2.25. The summed E-state index contributed by atoms with van der Waals surface area (Å²) < 4.78 is 27.0. The van der Waals surface area contributed by atoms with Crippen LogP contribution in [0.1, 0.15) is 30.0 Å². The number of hydrogen-bond donors (Lipinski definition) is 1. The smallest absolute Gasteiger partial charge is 0.126 e. The average molecular weight is 308 g/mol. The van der Waals surface area contributed by atoms with Gasteiger partial charge in [-0.05, 0) is 52.9 Å². The number of nitrogens with zero attached hydrogens (tertiary/aromatic N) is 1. The second-order valence-corrected chi connectivity index (χ2v) is 6.27. The molecule has 1 aliphatic rings. The molecule has 2 aromatic rings. The molecule has 0 bridgehead atoms. The molecule has 3 rings (SSSR count). The fourth-order valence-corrected chi connectivity index (χ4v) is 3.38. The van der Waals surface area contributed by atoms with Gasteiger partial charge in [0.2, 0.25) is 0 Å². The van der Waals surface area contributed by atoms with Gasteiger partial charge >= 0.3 is 0 Å². The van der Waals surface area contributed by atoms with Crippen molar-refractivity contribution in [3.05, 3.63) is 57.8 Å². The molecule has 0 aliphatic heterocycles. The minimum atomic E-state index is -0.547. The molecule has 1 heterocycles. The zero-order valence-electron chi connectivity index (χ0n) is 11.6. The molecule has 21 heavy (non-hydrogen) atoms. The van der Waals surface area contributed by atoms with Gasteiger partial charge in [-0.25, -0.2) is 8.78 Å². The molecule has 5 heteroatoms. The van der Waals surface area contributed by atoms with Crippen LogP contribution in [0.15, 0.2) is 35.0 Å². The average Bonchev–Trinajstić information content (AvgIpc) is 3.15. The lowest BCUT2D eigenvalue weighted by molar-refractivity contribution is 0.181. The van der Waals surface area contributed by atoms with Crippen LogP contribution in [-0.2, 0) is 6.54 Å². The van der Waals surface area contributed by atoms with Crippen LogP contribution >= 0.6 is 11.3 Å². The van der Waals surface area contributed by atoms with Crippen LogP contribution in [0, 0.1) is 11.6 Å². The van der Waals surface area contributed by atoms with Gasteiger partial charge in [-0.1, -0.05) is 0 Å². The molecule has 0 amide bonds. The van der Waals surface area contributed by atoms with Crippen molar-refractivity contribution in [3.63, 3.8) is 0 Å². The monoisotopic (exact) mass is 308 g/mol. The number of halogens is 2. The lowest BCUT2D eigenvalue weighted by atomic mass is 10.0. The molecule has 1 aromatic heterocycles. The Kier molecular flexibility index (Phi) is 4.33. The molecule has 1 unspecified atom stereocenters. The Balaban J connectivity index is 1.87. The van der Waals surface area contributed by atoms with E-state index in [1.54, 1.807) is 11.3 Å². The van der Waals surface area contributed by atoms with Crippen LogP contribution in [0.25, 0.3) is 0 Å². The summed E-state index contributed by atoms with van der Waals surface area (Å²) in [4.78, 5) is 2.27. The van der Waals surface area contributed by atoms with Crippen molar-refractivity contribution >= 4 is 11.3 Å². The molecule has 0 spiro atoms. The zero-order valence-corrected chi connectivity index (χ0v) is 12.5. The van der Waals surface area contributed by atoms with Gasteiger partial charge in [0.15, 0.2) is 0 Å². The maximum atomic E-state index is 13.5. The van der Waals surface area contributed by atoms with Crippen LogP contribution in [0.4, 0.5) is 8.78 Å². The van der Waals surface area contributed by atoms with Crippen LogP contribution < -0.4 is 5.73 Å². The van der Waals surface area contributed by atoms with Crippen molar-refractivity contribution in [1.82, 2.24) is 4.90 Å². The molecule has 1 saturated carbocycles. The Hall–Kier alpha value is -1.30. The SMILES string of the molecule is NCC(c1cc(F)cc(F)c1)N(Cc1ccsc1)C1CC1. The van der Waals surface area contributed by atoms with Crippen molar-refractivity contribution in [2.75, 3.05) is 6.54 Å². The Labute approximate surface area is 127 Å². The summed E-state index contributed by atoms with van der Waals surface area (Å²) >= 11 is 1.66. The van der Waals surface area contributed by atoms with Crippen molar-refractivity contribution in [2.24, 2.45) is 5.73 Å². The van der Waals surface area contributed by atoms with Gasteiger partial charge in [0.1, 0.15) is 11.6 Å². The summed E-state index contributed by atoms with van der Waals surface area (Å²) in [5.74, 6) is -1.09. The highest BCUT2D eigenvalue weighted by atomic mass is 32.1. The fraction of sp³-hybridized carbons (Fsp3) is 0.375. The molecule has 0 saturated heterocycles. The molecule has 1 atom stereocenters. The number of thiophene rings is 1. The van der Waals surface area contributed by atoms with Gasteiger partial charge < -0.3 is 5.73 Å². The maximum absolute atomic E-state index is 13.5. The largest absolute Gasteiger partial charge is 0.329 e. The molecule has 1 fully saturated rings. The van der Waals surface area contributed by atoms with E-state index < -0.39 is 11.6 Å². The first-order chi connectivity index (χ1) is 10.2. The van der Waals surface area contributed by atoms with Gasteiger partial charge in [-0.2, -0.15) is 11.3 Å². The summed E-state index contributed by atoms with van der Waals surface area (Å²) in [6.45, 7) is 1.12. The van der Waals surface area contributed by atoms with Gasteiger partial charge in [-0.15, -0.1) is 0 Å². The molecule has 1 aromatic carbocycles. The van der Waals surface area contributed by atoms with Gasteiger partial charge in [0.05, 0.1) is 0 Å². The molecule has 0 radical (unpaired) electrons. The highest BCUT2D eigenvalue weighted by molar-refractivity contribution is 7.07. The van der Waals surface area contributed by atoms with Crippen molar-refractivity contribution in [1.29, 1.82) is 0 Å². The van der Waals surface area contributed by atoms with Crippen LogP contribution in [0.5, 0.6) is 0 Å². The Bertz CT molecular complexity index is 576. The Morgan fingerprint density at radius 1 is 1.24 bits per heavy atom.